The summed E-state index contributed by atoms with van der Waals surface area (Å²) >= 11 is 1.09. The fourth-order valence-corrected chi connectivity index (χ4v) is 2.84. The number of esters is 1. The van der Waals surface area contributed by atoms with Crippen LogP contribution in [0.25, 0.3) is 11.5 Å². The van der Waals surface area contributed by atoms with Gasteiger partial charge >= 0.3 is 5.97 Å². The number of carbonyl (C=O) groups excluding carboxylic acids is 1. The lowest BCUT2D eigenvalue weighted by Crippen LogP contribution is -2.10. The molecule has 3 rings (SSSR count). The van der Waals surface area contributed by atoms with Crippen molar-refractivity contribution in [3.05, 3.63) is 42.5 Å². The van der Waals surface area contributed by atoms with Crippen molar-refractivity contribution in [3.8, 4) is 34.5 Å². The normalized spacial score (nSPS) is 10.4. The van der Waals surface area contributed by atoms with Crippen LogP contribution in [0.3, 0.4) is 0 Å². The van der Waals surface area contributed by atoms with Gasteiger partial charge < -0.3 is 23.4 Å². The van der Waals surface area contributed by atoms with Crippen LogP contribution in [0.15, 0.2) is 52.1 Å². The number of thioether (sulfide) groups is 1. The van der Waals surface area contributed by atoms with Crippen LogP contribution in [0.2, 0.25) is 0 Å². The highest BCUT2D eigenvalue weighted by atomic mass is 32.2. The van der Waals surface area contributed by atoms with E-state index in [2.05, 4.69) is 10.2 Å². The molecular formula is C19H18N2O6S. The molecule has 0 unspecified atom stereocenters. The molecule has 0 aliphatic heterocycles. The lowest BCUT2D eigenvalue weighted by atomic mass is 10.2. The van der Waals surface area contributed by atoms with Crippen molar-refractivity contribution in [1.82, 2.24) is 10.2 Å². The molecule has 0 aliphatic carbocycles. The summed E-state index contributed by atoms with van der Waals surface area (Å²) in [7, 11) is 4.65. The van der Waals surface area contributed by atoms with E-state index in [1.807, 2.05) is 0 Å². The van der Waals surface area contributed by atoms with Gasteiger partial charge in [0.25, 0.3) is 5.22 Å². The molecule has 1 heterocycles. The Labute approximate surface area is 165 Å². The summed E-state index contributed by atoms with van der Waals surface area (Å²) in [5, 5.41) is 8.20. The molecular weight excluding hydrogens is 384 g/mol. The molecule has 0 saturated carbocycles. The van der Waals surface area contributed by atoms with Crippen LogP contribution in [-0.4, -0.2) is 43.2 Å². The maximum Gasteiger partial charge on any atom is 0.321 e. The standard InChI is InChI=1S/C19H18N2O6S/c1-23-13-5-4-6-14(10-13)26-17(22)11-28-19-21-20-18(27-19)12-7-8-15(24-2)16(9-12)25-3/h4-10H,11H2,1-3H3. The van der Waals surface area contributed by atoms with Crippen molar-refractivity contribution in [3.63, 3.8) is 0 Å². The summed E-state index contributed by atoms with van der Waals surface area (Å²) in [4.78, 5) is 12.0. The van der Waals surface area contributed by atoms with Gasteiger partial charge in [-0.2, -0.15) is 0 Å². The van der Waals surface area contributed by atoms with E-state index in [0.717, 1.165) is 11.8 Å². The van der Waals surface area contributed by atoms with Gasteiger partial charge in [0.1, 0.15) is 17.3 Å². The van der Waals surface area contributed by atoms with Crippen molar-refractivity contribution >= 4 is 17.7 Å². The molecule has 8 nitrogen and oxygen atoms in total. The molecule has 0 fully saturated rings. The Bertz CT molecular complexity index is 959. The highest BCUT2D eigenvalue weighted by molar-refractivity contribution is 7.99. The van der Waals surface area contributed by atoms with Crippen LogP contribution in [0.4, 0.5) is 0 Å². The first kappa shape index (κ1) is 19.6. The number of hydrogen-bond acceptors (Lipinski definition) is 9. The van der Waals surface area contributed by atoms with Crippen molar-refractivity contribution in [2.45, 2.75) is 5.22 Å². The lowest BCUT2D eigenvalue weighted by molar-refractivity contribution is -0.131. The molecule has 146 valence electrons. The lowest BCUT2D eigenvalue weighted by Gasteiger charge is -2.07. The van der Waals surface area contributed by atoms with E-state index in [4.69, 9.17) is 23.4 Å². The molecule has 1 aromatic heterocycles. The number of benzene rings is 2. The van der Waals surface area contributed by atoms with Gasteiger partial charge in [0.2, 0.25) is 5.89 Å². The quantitative estimate of drug-likeness (QED) is 0.319. The van der Waals surface area contributed by atoms with Crippen molar-refractivity contribution in [2.75, 3.05) is 27.1 Å². The molecule has 9 heteroatoms. The Morgan fingerprint density at radius 2 is 1.75 bits per heavy atom. The summed E-state index contributed by atoms with van der Waals surface area (Å²) < 4.78 is 26.4. The van der Waals surface area contributed by atoms with Crippen molar-refractivity contribution in [2.24, 2.45) is 0 Å². The maximum atomic E-state index is 12.0. The number of rotatable bonds is 8. The predicted octanol–water partition coefficient (Wildman–Crippen LogP) is 3.46. The molecule has 0 atom stereocenters. The van der Waals surface area contributed by atoms with Gasteiger partial charge in [-0.1, -0.05) is 17.8 Å². The van der Waals surface area contributed by atoms with E-state index in [-0.39, 0.29) is 11.0 Å². The Morgan fingerprint density at radius 1 is 0.964 bits per heavy atom. The second-order valence-electron chi connectivity index (χ2n) is 5.38. The van der Waals surface area contributed by atoms with Crippen LogP contribution in [0, 0.1) is 0 Å². The van der Waals surface area contributed by atoms with Gasteiger partial charge in [-0.25, -0.2) is 0 Å². The van der Waals surface area contributed by atoms with Gasteiger partial charge in [-0.3, -0.25) is 4.79 Å². The third-order valence-corrected chi connectivity index (χ3v) is 4.42. The Kier molecular flexibility index (Phi) is 6.38. The molecule has 0 spiro atoms. The largest absolute Gasteiger partial charge is 0.497 e. The minimum absolute atomic E-state index is 0.0186. The number of nitrogens with zero attached hydrogens (tertiary/aromatic N) is 2. The summed E-state index contributed by atoms with van der Waals surface area (Å²) in [6.45, 7) is 0. The van der Waals surface area contributed by atoms with Crippen LogP contribution in [0.1, 0.15) is 0 Å². The fraction of sp³-hybridized carbons (Fsp3) is 0.211. The molecule has 0 amide bonds. The van der Waals surface area contributed by atoms with E-state index in [0.29, 0.717) is 34.5 Å². The van der Waals surface area contributed by atoms with E-state index in [1.165, 1.54) is 0 Å². The SMILES string of the molecule is COc1cccc(OC(=O)CSc2nnc(-c3ccc(OC)c(OC)c3)o2)c1. The van der Waals surface area contributed by atoms with Crippen molar-refractivity contribution in [1.29, 1.82) is 0 Å². The number of hydrogen-bond donors (Lipinski definition) is 0. The predicted molar refractivity (Wildman–Crippen MR) is 102 cm³/mol. The summed E-state index contributed by atoms with van der Waals surface area (Å²) in [5.74, 6) is 2.05. The van der Waals surface area contributed by atoms with E-state index >= 15 is 0 Å². The van der Waals surface area contributed by atoms with Crippen LogP contribution >= 0.6 is 11.8 Å². The first-order valence-electron chi connectivity index (χ1n) is 8.16. The molecule has 0 saturated heterocycles. The topological polar surface area (TPSA) is 92.9 Å². The zero-order chi connectivity index (χ0) is 19.9. The van der Waals surface area contributed by atoms with Crippen molar-refractivity contribution < 1.29 is 28.2 Å². The smallest absolute Gasteiger partial charge is 0.321 e. The third-order valence-electron chi connectivity index (χ3n) is 3.62. The van der Waals surface area contributed by atoms with Gasteiger partial charge in [0.15, 0.2) is 11.5 Å². The van der Waals surface area contributed by atoms with Crippen LogP contribution in [0.5, 0.6) is 23.0 Å². The Hall–Kier alpha value is -3.20. The van der Waals surface area contributed by atoms with E-state index in [9.17, 15) is 4.79 Å². The summed E-state index contributed by atoms with van der Waals surface area (Å²) in [5.41, 5.74) is 0.677. The first-order valence-corrected chi connectivity index (χ1v) is 9.15. The zero-order valence-corrected chi connectivity index (χ0v) is 16.3. The number of methoxy groups -OCH3 is 3. The summed E-state index contributed by atoms with van der Waals surface area (Å²) in [6, 6.07) is 12.1. The van der Waals surface area contributed by atoms with Gasteiger partial charge in [-0.05, 0) is 30.3 Å². The van der Waals surface area contributed by atoms with Crippen LogP contribution in [-0.2, 0) is 4.79 Å². The second kappa shape index (κ2) is 9.14. The second-order valence-corrected chi connectivity index (χ2v) is 6.31. The number of ether oxygens (including phenoxy) is 4. The average molecular weight is 402 g/mol. The molecule has 0 radical (unpaired) electrons. The fourth-order valence-electron chi connectivity index (χ4n) is 2.30. The highest BCUT2D eigenvalue weighted by Crippen LogP contribution is 2.32. The van der Waals surface area contributed by atoms with E-state index in [1.54, 1.807) is 63.8 Å². The molecule has 3 aromatic rings. The Morgan fingerprint density at radius 3 is 2.50 bits per heavy atom. The third kappa shape index (κ3) is 4.74. The minimum atomic E-state index is -0.441. The minimum Gasteiger partial charge on any atom is -0.497 e. The number of carbonyl (C=O) groups is 1. The number of aromatic nitrogens is 2. The van der Waals surface area contributed by atoms with Crippen LogP contribution < -0.4 is 18.9 Å². The van der Waals surface area contributed by atoms with Gasteiger partial charge in [-0.15, -0.1) is 10.2 Å². The van der Waals surface area contributed by atoms with Gasteiger partial charge in [0, 0.05) is 11.6 Å². The molecule has 0 aliphatic rings. The molecule has 2 aromatic carbocycles. The average Bonchev–Trinajstić information content (AvgIpc) is 3.21. The Balaban J connectivity index is 1.61. The molecule has 0 bridgehead atoms. The summed E-state index contributed by atoms with van der Waals surface area (Å²) in [6.07, 6.45) is 0. The highest BCUT2D eigenvalue weighted by Gasteiger charge is 2.14. The monoisotopic (exact) mass is 402 g/mol. The molecule has 0 N–H and O–H groups in total. The molecule has 28 heavy (non-hydrogen) atoms. The maximum absolute atomic E-state index is 12.0. The first-order chi connectivity index (χ1) is 13.6. The van der Waals surface area contributed by atoms with Gasteiger partial charge in [0.05, 0.1) is 21.3 Å². The van der Waals surface area contributed by atoms with E-state index < -0.39 is 5.97 Å². The zero-order valence-electron chi connectivity index (χ0n) is 15.5.